The molecule has 0 aromatic heterocycles. The van der Waals surface area contributed by atoms with Crippen molar-refractivity contribution in [3.63, 3.8) is 0 Å². The van der Waals surface area contributed by atoms with Crippen molar-refractivity contribution >= 4 is 23.1 Å². The van der Waals surface area contributed by atoms with Crippen LogP contribution in [0.5, 0.6) is 0 Å². The molecule has 0 aliphatic carbocycles. The van der Waals surface area contributed by atoms with E-state index in [4.69, 9.17) is 12.2 Å². The molecule has 0 saturated heterocycles. The fourth-order valence-corrected chi connectivity index (χ4v) is 1.77. The Morgan fingerprint density at radius 3 is 2.58 bits per heavy atom. The van der Waals surface area contributed by atoms with Crippen molar-refractivity contribution in [3.05, 3.63) is 11.3 Å². The molecule has 1 aliphatic rings. The molecule has 0 radical (unpaired) electrons. The molecule has 0 aromatic rings. The normalized spacial score (nSPS) is 23.2. The number of Topliss-reactive ketones (excluding diaryl/α,β-unsaturated/α-hetero) is 1. The lowest BCUT2D eigenvalue weighted by Gasteiger charge is -2.26. The summed E-state index contributed by atoms with van der Waals surface area (Å²) >= 11 is 4.93. The molecule has 4 heteroatoms. The number of hydrogen-bond donors (Lipinski definition) is 2. The third kappa shape index (κ3) is 1.64. The zero-order chi connectivity index (χ0) is 9.30. The van der Waals surface area contributed by atoms with E-state index in [2.05, 4.69) is 10.6 Å². The van der Waals surface area contributed by atoms with E-state index < -0.39 is 0 Å². The molecule has 1 rings (SSSR count). The van der Waals surface area contributed by atoms with Gasteiger partial charge in [0.25, 0.3) is 0 Å². The summed E-state index contributed by atoms with van der Waals surface area (Å²) in [4.78, 5) is 11.1. The second-order valence-electron chi connectivity index (χ2n) is 2.92. The number of carbonyl (C=O) groups is 1. The van der Waals surface area contributed by atoms with Crippen LogP contribution in [-0.2, 0) is 4.79 Å². The fraction of sp³-hybridized carbons (Fsp3) is 0.500. The number of rotatable bonds is 1. The molecule has 0 bridgehead atoms. The predicted octanol–water partition coefficient (Wildman–Crippen LogP) is 0.716. The van der Waals surface area contributed by atoms with Crippen LogP contribution in [0.4, 0.5) is 0 Å². The molecule has 0 fully saturated rings. The first kappa shape index (κ1) is 9.19. The summed E-state index contributed by atoms with van der Waals surface area (Å²) in [5.41, 5.74) is 1.64. The standard InChI is InChI=1S/C8H12N2OS/c1-4-7(6(3)11)5(2)10-8(12)9-4/h4H,1-3H3,(H2,9,10,12)/t4-/m0/s1. The van der Waals surface area contributed by atoms with Gasteiger partial charge in [0, 0.05) is 11.3 Å². The largest absolute Gasteiger partial charge is 0.356 e. The lowest BCUT2D eigenvalue weighted by Crippen LogP contribution is -2.47. The summed E-state index contributed by atoms with van der Waals surface area (Å²) in [5, 5.41) is 6.49. The van der Waals surface area contributed by atoms with E-state index in [-0.39, 0.29) is 11.8 Å². The maximum atomic E-state index is 11.1. The minimum Gasteiger partial charge on any atom is -0.356 e. The highest BCUT2D eigenvalue weighted by Crippen LogP contribution is 2.11. The van der Waals surface area contributed by atoms with E-state index in [1.54, 1.807) is 6.92 Å². The van der Waals surface area contributed by atoms with Crippen molar-refractivity contribution in [3.8, 4) is 0 Å². The highest BCUT2D eigenvalue weighted by Gasteiger charge is 2.21. The number of allylic oxidation sites excluding steroid dienone is 1. The minimum absolute atomic E-state index is 0.0243. The van der Waals surface area contributed by atoms with Crippen molar-refractivity contribution < 1.29 is 4.79 Å². The summed E-state index contributed by atoms with van der Waals surface area (Å²) in [6.45, 7) is 5.35. The average molecular weight is 184 g/mol. The van der Waals surface area contributed by atoms with Gasteiger partial charge in [-0.05, 0) is 33.0 Å². The maximum absolute atomic E-state index is 11.1. The first-order valence-electron chi connectivity index (χ1n) is 3.81. The van der Waals surface area contributed by atoms with Crippen LogP contribution in [0.1, 0.15) is 20.8 Å². The first-order chi connectivity index (χ1) is 5.52. The predicted molar refractivity (Wildman–Crippen MR) is 51.7 cm³/mol. The van der Waals surface area contributed by atoms with Crippen LogP contribution in [0, 0.1) is 0 Å². The van der Waals surface area contributed by atoms with Crippen LogP contribution >= 0.6 is 12.2 Å². The van der Waals surface area contributed by atoms with Gasteiger partial charge in [-0.3, -0.25) is 4.79 Å². The van der Waals surface area contributed by atoms with Crippen molar-refractivity contribution in [1.82, 2.24) is 10.6 Å². The Bertz CT molecular complexity index is 270. The van der Waals surface area contributed by atoms with Gasteiger partial charge in [-0.15, -0.1) is 0 Å². The lowest BCUT2D eigenvalue weighted by molar-refractivity contribution is -0.113. The second kappa shape index (κ2) is 3.23. The van der Waals surface area contributed by atoms with Gasteiger partial charge in [-0.2, -0.15) is 0 Å². The van der Waals surface area contributed by atoms with Gasteiger partial charge in [0.1, 0.15) is 0 Å². The fourth-order valence-electron chi connectivity index (χ4n) is 1.44. The molecule has 3 nitrogen and oxygen atoms in total. The molecule has 12 heavy (non-hydrogen) atoms. The van der Waals surface area contributed by atoms with Crippen molar-refractivity contribution in [1.29, 1.82) is 0 Å². The van der Waals surface area contributed by atoms with E-state index in [0.29, 0.717) is 5.11 Å². The summed E-state index contributed by atoms with van der Waals surface area (Å²) in [6.07, 6.45) is 0. The number of carbonyl (C=O) groups excluding carboxylic acids is 1. The second-order valence-corrected chi connectivity index (χ2v) is 3.32. The van der Waals surface area contributed by atoms with Gasteiger partial charge in [-0.25, -0.2) is 0 Å². The van der Waals surface area contributed by atoms with E-state index >= 15 is 0 Å². The highest BCUT2D eigenvalue weighted by molar-refractivity contribution is 7.80. The topological polar surface area (TPSA) is 41.1 Å². The zero-order valence-electron chi connectivity index (χ0n) is 7.39. The van der Waals surface area contributed by atoms with Crippen molar-refractivity contribution in [2.24, 2.45) is 0 Å². The van der Waals surface area contributed by atoms with E-state index in [1.165, 1.54) is 0 Å². The monoisotopic (exact) mass is 184 g/mol. The summed E-state index contributed by atoms with van der Waals surface area (Å²) in [5.74, 6) is 0.0856. The number of ketones is 1. The first-order valence-corrected chi connectivity index (χ1v) is 4.22. The molecule has 0 spiro atoms. The van der Waals surface area contributed by atoms with Gasteiger partial charge in [-0.1, -0.05) is 0 Å². The van der Waals surface area contributed by atoms with Crippen LogP contribution in [0.2, 0.25) is 0 Å². The Kier molecular flexibility index (Phi) is 2.47. The third-order valence-electron chi connectivity index (χ3n) is 1.86. The van der Waals surface area contributed by atoms with Gasteiger partial charge in [0.2, 0.25) is 0 Å². The third-order valence-corrected chi connectivity index (χ3v) is 2.08. The molecule has 1 atom stereocenters. The number of hydrogen-bond acceptors (Lipinski definition) is 2. The Hall–Kier alpha value is -0.900. The quantitative estimate of drug-likeness (QED) is 0.589. The molecule has 66 valence electrons. The molecule has 2 N–H and O–H groups in total. The molecule has 0 saturated carbocycles. The molecular weight excluding hydrogens is 172 g/mol. The molecule has 0 unspecified atom stereocenters. The van der Waals surface area contributed by atoms with Crippen LogP contribution in [0.3, 0.4) is 0 Å². The summed E-state index contributed by atoms with van der Waals surface area (Å²) < 4.78 is 0. The Morgan fingerprint density at radius 1 is 1.58 bits per heavy atom. The molecule has 1 heterocycles. The van der Waals surface area contributed by atoms with Gasteiger partial charge in [0.15, 0.2) is 10.9 Å². The molecular formula is C8H12N2OS. The lowest BCUT2D eigenvalue weighted by atomic mass is 10.0. The number of thiocarbonyl (C=S) groups is 1. The van der Waals surface area contributed by atoms with E-state index in [9.17, 15) is 4.79 Å². The maximum Gasteiger partial charge on any atom is 0.171 e. The molecule has 0 aromatic carbocycles. The highest BCUT2D eigenvalue weighted by atomic mass is 32.1. The zero-order valence-corrected chi connectivity index (χ0v) is 8.21. The van der Waals surface area contributed by atoms with E-state index in [1.807, 2.05) is 13.8 Å². The van der Waals surface area contributed by atoms with Crippen molar-refractivity contribution in [2.45, 2.75) is 26.8 Å². The summed E-state index contributed by atoms with van der Waals surface area (Å²) in [7, 11) is 0. The summed E-state index contributed by atoms with van der Waals surface area (Å²) in [6, 6.07) is 0.0243. The van der Waals surface area contributed by atoms with E-state index in [0.717, 1.165) is 11.3 Å². The Morgan fingerprint density at radius 2 is 2.17 bits per heavy atom. The molecule has 1 aliphatic heterocycles. The van der Waals surface area contributed by atoms with Crippen LogP contribution in [0.25, 0.3) is 0 Å². The van der Waals surface area contributed by atoms with Gasteiger partial charge >= 0.3 is 0 Å². The minimum atomic E-state index is 0.0243. The Labute approximate surface area is 77.2 Å². The van der Waals surface area contributed by atoms with Crippen molar-refractivity contribution in [2.75, 3.05) is 0 Å². The smallest absolute Gasteiger partial charge is 0.171 e. The van der Waals surface area contributed by atoms with Crippen LogP contribution in [0.15, 0.2) is 11.3 Å². The van der Waals surface area contributed by atoms with Crippen LogP contribution < -0.4 is 10.6 Å². The van der Waals surface area contributed by atoms with Gasteiger partial charge < -0.3 is 10.6 Å². The average Bonchev–Trinajstić information content (AvgIpc) is 1.82. The SMILES string of the molecule is CC(=O)C1=C(C)NC(=S)N[C@H]1C. The number of nitrogens with one attached hydrogen (secondary N) is 2. The Balaban J connectivity index is 3.01. The van der Waals surface area contributed by atoms with Gasteiger partial charge in [0.05, 0.1) is 6.04 Å². The molecule has 0 amide bonds. The van der Waals surface area contributed by atoms with Crippen LogP contribution in [-0.4, -0.2) is 16.9 Å².